The van der Waals surface area contributed by atoms with Crippen LogP contribution in [0.3, 0.4) is 0 Å². The molecule has 4 rings (SSSR count). The van der Waals surface area contributed by atoms with Crippen molar-refractivity contribution in [2.24, 2.45) is 0 Å². The highest BCUT2D eigenvalue weighted by molar-refractivity contribution is 6.03. The molecule has 158 valence electrons. The molecule has 30 heavy (non-hydrogen) atoms. The molecule has 8 heteroatoms. The molecule has 0 spiro atoms. The summed E-state index contributed by atoms with van der Waals surface area (Å²) in [7, 11) is 0. The van der Waals surface area contributed by atoms with E-state index in [0.29, 0.717) is 18.3 Å². The van der Waals surface area contributed by atoms with Crippen molar-refractivity contribution < 1.29 is 9.53 Å². The normalized spacial score (nSPS) is 14.0. The lowest BCUT2D eigenvalue weighted by Gasteiger charge is -2.22. The van der Waals surface area contributed by atoms with Crippen molar-refractivity contribution in [1.29, 1.82) is 0 Å². The van der Waals surface area contributed by atoms with Gasteiger partial charge in [-0.1, -0.05) is 35.5 Å². The molecule has 0 atom stereocenters. The maximum Gasteiger partial charge on any atom is 0.277 e. The zero-order valence-electron chi connectivity index (χ0n) is 16.9. The van der Waals surface area contributed by atoms with Crippen LogP contribution in [0.2, 0.25) is 0 Å². The Bertz CT molecular complexity index is 971. The first-order valence-electron chi connectivity index (χ1n) is 9.90. The number of aryl methyl sites for hydroxylation is 1. The van der Waals surface area contributed by atoms with Crippen LogP contribution in [0.5, 0.6) is 5.75 Å². The quantitative estimate of drug-likeness (QED) is 0.626. The maximum atomic E-state index is 12.6. The van der Waals surface area contributed by atoms with Gasteiger partial charge in [0.05, 0.1) is 12.2 Å². The molecule has 1 amide bonds. The minimum absolute atomic E-state index is 0. The Morgan fingerprint density at radius 3 is 2.70 bits per heavy atom. The summed E-state index contributed by atoms with van der Waals surface area (Å²) in [5.41, 5.74) is 3.10. The molecule has 0 bridgehead atoms. The summed E-state index contributed by atoms with van der Waals surface area (Å²) >= 11 is 0. The summed E-state index contributed by atoms with van der Waals surface area (Å²) in [6, 6.07) is 15.9. The molecule has 7 nitrogen and oxygen atoms in total. The number of hydrogen-bond acceptors (Lipinski definition) is 5. The van der Waals surface area contributed by atoms with E-state index in [9.17, 15) is 4.79 Å². The van der Waals surface area contributed by atoms with Gasteiger partial charge in [0.2, 0.25) is 0 Å². The average Bonchev–Trinajstić information content (AvgIpc) is 3.26. The number of nitrogens with one attached hydrogen (secondary N) is 2. The molecule has 1 aliphatic heterocycles. The van der Waals surface area contributed by atoms with Gasteiger partial charge in [-0.05, 0) is 62.2 Å². The van der Waals surface area contributed by atoms with E-state index in [0.717, 1.165) is 48.5 Å². The fourth-order valence-electron chi connectivity index (χ4n) is 3.42. The van der Waals surface area contributed by atoms with Gasteiger partial charge in [0.15, 0.2) is 5.69 Å². The van der Waals surface area contributed by atoms with Gasteiger partial charge in [0, 0.05) is 5.69 Å². The van der Waals surface area contributed by atoms with Crippen LogP contribution in [0.4, 0.5) is 5.69 Å². The van der Waals surface area contributed by atoms with Crippen LogP contribution in [0.1, 0.15) is 40.5 Å². The fourth-order valence-corrected chi connectivity index (χ4v) is 3.42. The van der Waals surface area contributed by atoms with Crippen LogP contribution in [0.15, 0.2) is 54.7 Å². The standard InChI is InChI=1S/C22H25N5O2.ClH/c1-16-13-19(29-15-17-5-3-2-4-6-17)7-8-20(16)24-22(28)21-14-27(26-25-21)18-9-11-23-12-10-18;/h2-8,13-14,18,23H,9-12,15H2,1H3,(H,24,28);1H. The number of aromatic nitrogens is 3. The van der Waals surface area contributed by atoms with E-state index in [-0.39, 0.29) is 18.3 Å². The first-order valence-corrected chi connectivity index (χ1v) is 9.90. The third kappa shape index (κ3) is 5.37. The highest BCUT2D eigenvalue weighted by atomic mass is 35.5. The predicted octanol–water partition coefficient (Wildman–Crippen LogP) is 3.76. The van der Waals surface area contributed by atoms with E-state index in [1.165, 1.54) is 0 Å². The van der Waals surface area contributed by atoms with Gasteiger partial charge in [0.25, 0.3) is 5.91 Å². The van der Waals surface area contributed by atoms with Crippen LogP contribution in [-0.4, -0.2) is 34.0 Å². The molecule has 0 aliphatic carbocycles. The van der Waals surface area contributed by atoms with Crippen molar-refractivity contribution in [3.63, 3.8) is 0 Å². The van der Waals surface area contributed by atoms with Crippen molar-refractivity contribution in [3.8, 4) is 5.75 Å². The van der Waals surface area contributed by atoms with Crippen LogP contribution < -0.4 is 15.4 Å². The van der Waals surface area contributed by atoms with Crippen LogP contribution in [-0.2, 0) is 6.61 Å². The summed E-state index contributed by atoms with van der Waals surface area (Å²) in [5, 5.41) is 14.4. The second kappa shape index (κ2) is 10.2. The van der Waals surface area contributed by atoms with Gasteiger partial charge in [-0.2, -0.15) is 0 Å². The monoisotopic (exact) mass is 427 g/mol. The Morgan fingerprint density at radius 1 is 1.20 bits per heavy atom. The minimum Gasteiger partial charge on any atom is -0.489 e. The molecule has 1 fully saturated rings. The molecule has 2 N–H and O–H groups in total. The Balaban J connectivity index is 0.00000256. The first kappa shape index (κ1) is 21.8. The smallest absolute Gasteiger partial charge is 0.277 e. The maximum absolute atomic E-state index is 12.6. The van der Waals surface area contributed by atoms with E-state index >= 15 is 0 Å². The molecule has 1 aromatic heterocycles. The largest absolute Gasteiger partial charge is 0.489 e. The summed E-state index contributed by atoms with van der Waals surface area (Å²) in [4.78, 5) is 12.6. The third-order valence-corrected chi connectivity index (χ3v) is 5.12. The number of nitrogens with zero attached hydrogens (tertiary/aromatic N) is 3. The number of amides is 1. The molecule has 1 aliphatic rings. The lowest BCUT2D eigenvalue weighted by molar-refractivity contribution is 0.102. The fraction of sp³-hybridized carbons (Fsp3) is 0.318. The Kier molecular flexibility index (Phi) is 7.43. The SMILES string of the molecule is Cc1cc(OCc2ccccc2)ccc1NC(=O)c1cn(C2CCNCC2)nn1.Cl. The van der Waals surface area contributed by atoms with E-state index < -0.39 is 0 Å². The number of piperidine rings is 1. The van der Waals surface area contributed by atoms with Crippen LogP contribution in [0.25, 0.3) is 0 Å². The lowest BCUT2D eigenvalue weighted by Crippen LogP contribution is -2.29. The topological polar surface area (TPSA) is 81.1 Å². The minimum atomic E-state index is -0.258. The van der Waals surface area contributed by atoms with Crippen molar-refractivity contribution >= 4 is 24.0 Å². The molecule has 3 aromatic rings. The van der Waals surface area contributed by atoms with Crippen LogP contribution in [0, 0.1) is 6.92 Å². The van der Waals surface area contributed by atoms with Gasteiger partial charge in [-0.25, -0.2) is 4.68 Å². The van der Waals surface area contributed by atoms with Gasteiger partial charge in [0.1, 0.15) is 12.4 Å². The van der Waals surface area contributed by atoms with Crippen molar-refractivity contribution in [2.75, 3.05) is 18.4 Å². The van der Waals surface area contributed by atoms with Gasteiger partial charge < -0.3 is 15.4 Å². The summed E-state index contributed by atoms with van der Waals surface area (Å²) in [6.07, 6.45) is 3.72. The van der Waals surface area contributed by atoms with Crippen molar-refractivity contribution in [2.45, 2.75) is 32.4 Å². The molecular weight excluding hydrogens is 402 g/mol. The predicted molar refractivity (Wildman–Crippen MR) is 118 cm³/mol. The summed E-state index contributed by atoms with van der Waals surface area (Å²) < 4.78 is 7.65. The molecule has 0 unspecified atom stereocenters. The van der Waals surface area contributed by atoms with Crippen molar-refractivity contribution in [3.05, 3.63) is 71.5 Å². The first-order chi connectivity index (χ1) is 14.2. The number of rotatable bonds is 6. The van der Waals surface area contributed by atoms with Crippen molar-refractivity contribution in [1.82, 2.24) is 20.3 Å². The molecule has 2 aromatic carbocycles. The number of benzene rings is 2. The summed E-state index contributed by atoms with van der Waals surface area (Å²) in [6.45, 7) is 4.37. The van der Waals surface area contributed by atoms with Crippen LogP contribution >= 0.6 is 12.4 Å². The zero-order valence-corrected chi connectivity index (χ0v) is 17.7. The molecular formula is C22H26ClN5O2. The highest BCUT2D eigenvalue weighted by Gasteiger charge is 2.19. The molecule has 0 saturated carbocycles. The number of carbonyl (C=O) groups excluding carboxylic acids is 1. The van der Waals surface area contributed by atoms with E-state index in [1.807, 2.05) is 60.1 Å². The number of anilines is 1. The van der Waals surface area contributed by atoms with E-state index in [1.54, 1.807) is 6.20 Å². The molecule has 2 heterocycles. The van der Waals surface area contributed by atoms with Gasteiger partial charge in [-0.3, -0.25) is 4.79 Å². The second-order valence-corrected chi connectivity index (χ2v) is 7.27. The Labute approximate surface area is 182 Å². The van der Waals surface area contributed by atoms with E-state index in [4.69, 9.17) is 4.74 Å². The van der Waals surface area contributed by atoms with Gasteiger partial charge in [-0.15, -0.1) is 17.5 Å². The highest BCUT2D eigenvalue weighted by Crippen LogP contribution is 2.23. The number of carbonyl (C=O) groups is 1. The second-order valence-electron chi connectivity index (χ2n) is 7.27. The number of hydrogen-bond donors (Lipinski definition) is 2. The average molecular weight is 428 g/mol. The summed E-state index contributed by atoms with van der Waals surface area (Å²) in [5.74, 6) is 0.507. The molecule has 1 saturated heterocycles. The van der Waals surface area contributed by atoms with E-state index in [2.05, 4.69) is 20.9 Å². The number of ether oxygens (including phenoxy) is 1. The molecule has 0 radical (unpaired) electrons. The zero-order chi connectivity index (χ0) is 20.1. The lowest BCUT2D eigenvalue weighted by atomic mass is 10.1. The Hall–Kier alpha value is -2.90. The number of halogens is 1. The Morgan fingerprint density at radius 2 is 1.97 bits per heavy atom. The van der Waals surface area contributed by atoms with Gasteiger partial charge >= 0.3 is 0 Å². The third-order valence-electron chi connectivity index (χ3n) is 5.12.